The molecule has 0 aromatic heterocycles. The Morgan fingerprint density at radius 2 is 1.40 bits per heavy atom. The SMILES string of the molecule is C[C@@H]1CC[C@@H]2C(=O)N(N(CC(=O)c3ccc(OC(=O)c4ccc(Cl)cc4Cl)cc3)C(=O)c3ccc(Cl)cc3Cl)C(=O)[C@@H]2C1. The smallest absolute Gasteiger partial charge is 0.345 e. The minimum Gasteiger partial charge on any atom is -0.423 e. The summed E-state index contributed by atoms with van der Waals surface area (Å²) in [5.74, 6) is -3.86. The van der Waals surface area contributed by atoms with Crippen LogP contribution in [0.15, 0.2) is 60.7 Å². The van der Waals surface area contributed by atoms with E-state index in [4.69, 9.17) is 51.1 Å². The average Bonchev–Trinajstić information content (AvgIpc) is 3.20. The van der Waals surface area contributed by atoms with Gasteiger partial charge >= 0.3 is 5.97 Å². The molecule has 2 aliphatic rings. The molecule has 0 radical (unpaired) electrons. The molecule has 0 unspecified atom stereocenters. The van der Waals surface area contributed by atoms with E-state index in [1.807, 2.05) is 6.92 Å². The molecule has 1 aliphatic carbocycles. The molecule has 12 heteroatoms. The van der Waals surface area contributed by atoms with Gasteiger partial charge in [-0.2, -0.15) is 5.01 Å². The van der Waals surface area contributed by atoms with Gasteiger partial charge in [0.15, 0.2) is 5.78 Å². The fourth-order valence-corrected chi connectivity index (χ4v) is 6.37. The van der Waals surface area contributed by atoms with Gasteiger partial charge in [0, 0.05) is 15.6 Å². The normalized spacial score (nSPS) is 19.7. The molecular formula is C31H24Cl4N2O6. The number of fused-ring (bicyclic) bond motifs is 1. The molecule has 3 aromatic rings. The average molecular weight is 662 g/mol. The van der Waals surface area contributed by atoms with Gasteiger partial charge in [-0.25, -0.2) is 9.80 Å². The Balaban J connectivity index is 1.39. The van der Waals surface area contributed by atoms with Crippen molar-refractivity contribution in [1.82, 2.24) is 10.0 Å². The lowest BCUT2D eigenvalue weighted by Crippen LogP contribution is -2.52. The Kier molecular flexibility index (Phi) is 9.13. The van der Waals surface area contributed by atoms with Crippen LogP contribution < -0.4 is 4.74 Å². The van der Waals surface area contributed by atoms with E-state index in [0.29, 0.717) is 17.9 Å². The van der Waals surface area contributed by atoms with E-state index < -0.39 is 47.9 Å². The van der Waals surface area contributed by atoms with Crippen molar-refractivity contribution in [3.05, 3.63) is 97.4 Å². The van der Waals surface area contributed by atoms with E-state index in [0.717, 1.165) is 16.4 Å². The number of ketones is 1. The predicted octanol–water partition coefficient (Wildman–Crippen LogP) is 7.18. The zero-order valence-corrected chi connectivity index (χ0v) is 25.7. The van der Waals surface area contributed by atoms with Crippen molar-refractivity contribution < 1.29 is 28.7 Å². The number of hydrazine groups is 1. The molecule has 5 rings (SSSR count). The Bertz CT molecular complexity index is 1640. The number of Topliss-reactive ketones (excluding diaryl/α,β-unsaturated/α-hetero) is 1. The molecule has 0 N–H and O–H groups in total. The van der Waals surface area contributed by atoms with Crippen LogP contribution in [0.25, 0.3) is 0 Å². The first-order valence-corrected chi connectivity index (χ1v) is 14.9. The summed E-state index contributed by atoms with van der Waals surface area (Å²) in [4.78, 5) is 66.8. The third-order valence-corrected chi connectivity index (χ3v) is 8.73. The van der Waals surface area contributed by atoms with Crippen LogP contribution in [0.5, 0.6) is 5.75 Å². The van der Waals surface area contributed by atoms with Gasteiger partial charge in [-0.1, -0.05) is 53.3 Å². The molecule has 3 aromatic carbocycles. The third-order valence-electron chi connectivity index (χ3n) is 7.63. The number of esters is 1. The number of halogens is 4. The highest BCUT2D eigenvalue weighted by Gasteiger charge is 2.53. The minimum absolute atomic E-state index is 0.00652. The van der Waals surface area contributed by atoms with Gasteiger partial charge in [-0.15, -0.1) is 0 Å². The summed E-state index contributed by atoms with van der Waals surface area (Å²) in [6.07, 6.45) is 1.82. The number of ether oxygens (including phenoxy) is 1. The second-order valence-electron chi connectivity index (χ2n) is 10.6. The summed E-state index contributed by atoms with van der Waals surface area (Å²) in [5.41, 5.74) is 0.233. The maximum atomic E-state index is 13.8. The molecule has 43 heavy (non-hydrogen) atoms. The van der Waals surface area contributed by atoms with Crippen LogP contribution in [-0.2, 0) is 9.59 Å². The van der Waals surface area contributed by atoms with Crippen molar-refractivity contribution in [1.29, 1.82) is 0 Å². The molecule has 8 nitrogen and oxygen atoms in total. The number of hydrogen-bond acceptors (Lipinski definition) is 6. The molecule has 3 amide bonds. The van der Waals surface area contributed by atoms with Crippen molar-refractivity contribution in [2.75, 3.05) is 6.54 Å². The third kappa shape index (κ3) is 6.43. The summed E-state index contributed by atoms with van der Waals surface area (Å²) < 4.78 is 5.36. The highest BCUT2D eigenvalue weighted by atomic mass is 35.5. The standard InChI is InChI=1S/C31H24Cl4N2O6/c1-16-2-9-21-24(12-16)30(41)37(29(21)40)36(28(39)22-10-5-18(32)13-25(22)34)15-27(38)17-3-7-20(8-4-17)43-31(42)23-11-6-19(33)14-26(23)35/h3-8,10-11,13-14,16,21,24H,2,9,12,15H2,1H3/t16-,21+,24-/m1/s1. The molecule has 1 heterocycles. The molecule has 1 saturated carbocycles. The molecular weight excluding hydrogens is 638 g/mol. The summed E-state index contributed by atoms with van der Waals surface area (Å²) in [7, 11) is 0. The highest BCUT2D eigenvalue weighted by Crippen LogP contribution is 2.41. The minimum atomic E-state index is -0.797. The first-order valence-electron chi connectivity index (χ1n) is 13.4. The Morgan fingerprint density at radius 1 is 0.814 bits per heavy atom. The Hall–Kier alpha value is -3.43. The van der Waals surface area contributed by atoms with Gasteiger partial charge in [0.05, 0.1) is 33.0 Å². The number of benzene rings is 3. The largest absolute Gasteiger partial charge is 0.423 e. The van der Waals surface area contributed by atoms with Crippen molar-refractivity contribution in [2.24, 2.45) is 17.8 Å². The quantitative estimate of drug-likeness (QED) is 0.115. The maximum absolute atomic E-state index is 13.8. The highest BCUT2D eigenvalue weighted by molar-refractivity contribution is 6.37. The second kappa shape index (κ2) is 12.7. The van der Waals surface area contributed by atoms with Gasteiger partial charge in [-0.05, 0) is 85.8 Å². The first kappa shape index (κ1) is 31.0. The van der Waals surface area contributed by atoms with Gasteiger partial charge in [-0.3, -0.25) is 19.2 Å². The van der Waals surface area contributed by atoms with Crippen LogP contribution in [0.2, 0.25) is 20.1 Å². The van der Waals surface area contributed by atoms with Crippen molar-refractivity contribution in [3.63, 3.8) is 0 Å². The number of amides is 3. The Labute approximate surface area is 267 Å². The zero-order chi connectivity index (χ0) is 31.0. The summed E-state index contributed by atoms with van der Waals surface area (Å²) in [5, 5.41) is 2.45. The molecule has 3 atom stereocenters. The summed E-state index contributed by atoms with van der Waals surface area (Å²) in [6, 6.07) is 14.2. The predicted molar refractivity (Wildman–Crippen MR) is 162 cm³/mol. The van der Waals surface area contributed by atoms with Gasteiger partial charge in [0.25, 0.3) is 17.7 Å². The van der Waals surface area contributed by atoms with Crippen molar-refractivity contribution >= 4 is 75.9 Å². The molecule has 0 spiro atoms. The molecule has 1 saturated heterocycles. The van der Waals surface area contributed by atoms with Gasteiger partial charge in [0.2, 0.25) is 0 Å². The van der Waals surface area contributed by atoms with Crippen molar-refractivity contribution in [2.45, 2.75) is 26.2 Å². The molecule has 1 aliphatic heterocycles. The molecule has 0 bridgehead atoms. The van der Waals surface area contributed by atoms with E-state index in [2.05, 4.69) is 0 Å². The van der Waals surface area contributed by atoms with E-state index in [1.165, 1.54) is 60.7 Å². The number of nitrogens with zero attached hydrogens (tertiary/aromatic N) is 2. The van der Waals surface area contributed by atoms with E-state index in [-0.39, 0.29) is 43.4 Å². The van der Waals surface area contributed by atoms with E-state index in [1.54, 1.807) is 0 Å². The Morgan fingerprint density at radius 3 is 2.00 bits per heavy atom. The van der Waals surface area contributed by atoms with Gasteiger partial charge < -0.3 is 4.74 Å². The number of carbonyl (C=O) groups is 5. The number of carbonyl (C=O) groups excluding carboxylic acids is 5. The lowest BCUT2D eigenvalue weighted by atomic mass is 9.76. The fourth-order valence-electron chi connectivity index (χ4n) is 5.40. The molecule has 222 valence electrons. The van der Waals surface area contributed by atoms with Crippen molar-refractivity contribution in [3.8, 4) is 5.75 Å². The van der Waals surface area contributed by atoms with E-state index in [9.17, 15) is 24.0 Å². The maximum Gasteiger partial charge on any atom is 0.345 e. The van der Waals surface area contributed by atoms with E-state index >= 15 is 0 Å². The van der Waals surface area contributed by atoms with Crippen LogP contribution in [-0.4, -0.2) is 46.0 Å². The van der Waals surface area contributed by atoms with Gasteiger partial charge in [0.1, 0.15) is 12.3 Å². The second-order valence-corrected chi connectivity index (χ2v) is 12.3. The summed E-state index contributed by atoms with van der Waals surface area (Å²) >= 11 is 24.3. The first-order chi connectivity index (χ1) is 20.4. The van der Waals surface area contributed by atoms with Crippen LogP contribution in [0, 0.1) is 17.8 Å². The molecule has 2 fully saturated rings. The topological polar surface area (TPSA) is 101 Å². The zero-order valence-electron chi connectivity index (χ0n) is 22.7. The lowest BCUT2D eigenvalue weighted by Gasteiger charge is -2.30. The van der Waals surface area contributed by atoms with Crippen LogP contribution in [0.3, 0.4) is 0 Å². The lowest BCUT2D eigenvalue weighted by molar-refractivity contribution is -0.154. The van der Waals surface area contributed by atoms with Crippen LogP contribution >= 0.6 is 46.4 Å². The number of imide groups is 1. The number of rotatable bonds is 7. The van der Waals surface area contributed by atoms with Crippen LogP contribution in [0.4, 0.5) is 0 Å². The fraction of sp³-hybridized carbons (Fsp3) is 0.258. The van der Waals surface area contributed by atoms with Crippen LogP contribution in [0.1, 0.15) is 57.3 Å². The summed E-state index contributed by atoms with van der Waals surface area (Å²) in [6.45, 7) is 1.39. The monoisotopic (exact) mass is 660 g/mol. The number of hydrogen-bond donors (Lipinski definition) is 0.